The van der Waals surface area contributed by atoms with Gasteiger partial charge in [0.05, 0.1) is 24.6 Å². The maximum absolute atomic E-state index is 13.9. The van der Waals surface area contributed by atoms with E-state index in [1.54, 1.807) is 42.5 Å². The number of likely N-dealkylation sites (tertiary alicyclic amines) is 1. The second-order valence-corrected chi connectivity index (χ2v) is 11.5. The first-order valence-electron chi connectivity index (χ1n) is 12.3. The summed E-state index contributed by atoms with van der Waals surface area (Å²) in [5.41, 5.74) is 1.37. The third-order valence-electron chi connectivity index (χ3n) is 8.58. The number of phenolic OH excluding ortho intramolecular Hbond substituents is 1. The van der Waals surface area contributed by atoms with Gasteiger partial charge in [0.2, 0.25) is 11.8 Å². The average molecular weight is 555 g/mol. The van der Waals surface area contributed by atoms with E-state index in [2.05, 4.69) is 0 Å². The number of aromatic hydroxyl groups is 1. The zero-order valence-electron chi connectivity index (χ0n) is 20.6. The van der Waals surface area contributed by atoms with E-state index in [1.807, 2.05) is 6.08 Å². The third kappa shape index (κ3) is 2.98. The first-order chi connectivity index (χ1) is 18.1. The molecule has 1 N–H and O–H groups in total. The van der Waals surface area contributed by atoms with E-state index in [0.717, 1.165) is 4.90 Å². The number of hydrogen-bond acceptors (Lipinski definition) is 6. The number of para-hydroxylation sites is 1. The Hall–Kier alpha value is -3.36. The van der Waals surface area contributed by atoms with Crippen molar-refractivity contribution in [3.63, 3.8) is 0 Å². The van der Waals surface area contributed by atoms with Crippen LogP contribution in [0.2, 0.25) is 0 Å². The third-order valence-corrected chi connectivity index (χ3v) is 9.99. The Balaban J connectivity index is 1.53. The van der Waals surface area contributed by atoms with Crippen LogP contribution in [-0.4, -0.2) is 57.5 Å². The van der Waals surface area contributed by atoms with Crippen molar-refractivity contribution in [2.24, 2.45) is 17.8 Å². The molecule has 6 atom stereocenters. The average Bonchev–Trinajstić information content (AvgIpc) is 3.24. The summed E-state index contributed by atoms with van der Waals surface area (Å²) < 4.78 is 5.22. The van der Waals surface area contributed by atoms with E-state index < -0.39 is 45.2 Å². The molecule has 2 saturated heterocycles. The van der Waals surface area contributed by atoms with Crippen LogP contribution >= 0.6 is 23.2 Å². The molecule has 2 aromatic rings. The van der Waals surface area contributed by atoms with Gasteiger partial charge in [0, 0.05) is 24.6 Å². The largest absolute Gasteiger partial charge is 0.508 e. The number of phenols is 1. The Morgan fingerprint density at radius 1 is 0.974 bits per heavy atom. The first-order valence-corrected chi connectivity index (χ1v) is 13.0. The molecule has 2 aliphatic carbocycles. The number of imide groups is 2. The molecule has 0 radical (unpaired) electrons. The molecule has 0 aromatic heterocycles. The number of allylic oxidation sites excluding steroid dienone is 2. The van der Waals surface area contributed by atoms with E-state index in [9.17, 15) is 24.3 Å². The standard InChI is InChI=1S/C28H24Cl2N2O6/c1-31-25(36)27(29)13-19-16(22(28(27,30)26(31)37)17-9-8-15(38-2)12-20(17)33)10-11-18-21(19)24(35)32(23(18)34)14-6-4-3-5-7-14/h3-10,12,18-19,21-22,33H,11,13H2,1-2H3/t18-,19+,21-,22+,27+,28-/m0/s1. The molecule has 2 aromatic carbocycles. The molecule has 38 heavy (non-hydrogen) atoms. The SMILES string of the molecule is COc1ccc([C@H]2C3=CC[C@@H]4C(=O)N(c5ccccc5)C(=O)[C@@H]4[C@@H]3C[C@@]3(Cl)C(=O)N(C)C(=O)[C@@]23Cl)c(O)c1. The molecule has 6 rings (SSSR count). The summed E-state index contributed by atoms with van der Waals surface area (Å²) in [5.74, 6) is -4.97. The van der Waals surface area contributed by atoms with Crippen LogP contribution in [0.4, 0.5) is 5.69 Å². The van der Waals surface area contributed by atoms with E-state index in [4.69, 9.17) is 27.9 Å². The van der Waals surface area contributed by atoms with Gasteiger partial charge in [0.15, 0.2) is 9.75 Å². The van der Waals surface area contributed by atoms with Crippen LogP contribution in [-0.2, 0) is 19.2 Å². The van der Waals surface area contributed by atoms with Crippen LogP contribution in [0.5, 0.6) is 11.5 Å². The minimum absolute atomic E-state index is 0.102. The molecule has 0 bridgehead atoms. The van der Waals surface area contributed by atoms with Crippen molar-refractivity contribution < 1.29 is 29.0 Å². The molecular formula is C28H24Cl2N2O6. The monoisotopic (exact) mass is 554 g/mol. The van der Waals surface area contributed by atoms with Gasteiger partial charge < -0.3 is 9.84 Å². The molecule has 0 spiro atoms. The summed E-state index contributed by atoms with van der Waals surface area (Å²) in [7, 11) is 2.78. The number of amides is 4. The number of nitrogens with zero attached hydrogens (tertiary/aromatic N) is 2. The Morgan fingerprint density at radius 3 is 2.34 bits per heavy atom. The van der Waals surface area contributed by atoms with E-state index in [1.165, 1.54) is 25.1 Å². The van der Waals surface area contributed by atoms with Crippen molar-refractivity contribution in [1.82, 2.24) is 4.90 Å². The van der Waals surface area contributed by atoms with Crippen LogP contribution < -0.4 is 9.64 Å². The van der Waals surface area contributed by atoms with Crippen molar-refractivity contribution in [2.75, 3.05) is 19.1 Å². The molecule has 4 amide bonds. The quantitative estimate of drug-likeness (QED) is 0.353. The zero-order chi connectivity index (χ0) is 27.1. The molecule has 4 aliphatic rings. The predicted octanol–water partition coefficient (Wildman–Crippen LogP) is 3.59. The van der Waals surface area contributed by atoms with E-state index >= 15 is 0 Å². The molecule has 1 saturated carbocycles. The fraction of sp³-hybridized carbons (Fsp3) is 0.357. The van der Waals surface area contributed by atoms with E-state index in [-0.39, 0.29) is 36.0 Å². The lowest BCUT2D eigenvalue weighted by Crippen LogP contribution is -2.60. The van der Waals surface area contributed by atoms with Crippen molar-refractivity contribution in [2.45, 2.75) is 28.5 Å². The van der Waals surface area contributed by atoms with Gasteiger partial charge in [-0.25, -0.2) is 0 Å². The number of rotatable bonds is 3. The molecule has 196 valence electrons. The number of anilines is 1. The van der Waals surface area contributed by atoms with Gasteiger partial charge >= 0.3 is 0 Å². The van der Waals surface area contributed by atoms with Gasteiger partial charge in [-0.15, -0.1) is 23.2 Å². The second kappa shape index (κ2) is 8.32. The lowest BCUT2D eigenvalue weighted by Gasteiger charge is -2.50. The normalized spacial score (nSPS) is 34.2. The highest BCUT2D eigenvalue weighted by molar-refractivity contribution is 6.53. The number of carbonyl (C=O) groups excluding carboxylic acids is 4. The summed E-state index contributed by atoms with van der Waals surface area (Å²) in [6, 6.07) is 13.3. The highest BCUT2D eigenvalue weighted by Gasteiger charge is 2.76. The van der Waals surface area contributed by atoms with Crippen LogP contribution in [0.1, 0.15) is 24.3 Å². The molecule has 0 unspecified atom stereocenters. The summed E-state index contributed by atoms with van der Waals surface area (Å²) in [4.78, 5) is 52.6. The summed E-state index contributed by atoms with van der Waals surface area (Å²) in [6.45, 7) is 0. The first kappa shape index (κ1) is 24.9. The lowest BCUT2D eigenvalue weighted by atomic mass is 9.56. The van der Waals surface area contributed by atoms with Gasteiger partial charge in [0.25, 0.3) is 11.8 Å². The Bertz CT molecular complexity index is 1440. The lowest BCUT2D eigenvalue weighted by molar-refractivity contribution is -0.138. The van der Waals surface area contributed by atoms with Gasteiger partial charge in [-0.05, 0) is 37.0 Å². The molecule has 2 heterocycles. The van der Waals surface area contributed by atoms with Crippen LogP contribution in [0.15, 0.2) is 60.2 Å². The number of benzene rings is 2. The van der Waals surface area contributed by atoms with Crippen molar-refractivity contribution in [3.05, 3.63) is 65.7 Å². The fourth-order valence-electron chi connectivity index (χ4n) is 6.82. The van der Waals surface area contributed by atoms with Crippen molar-refractivity contribution in [3.8, 4) is 11.5 Å². The van der Waals surface area contributed by atoms with Crippen molar-refractivity contribution in [1.29, 1.82) is 0 Å². The van der Waals surface area contributed by atoms with Gasteiger partial charge in [-0.3, -0.25) is 29.0 Å². The number of carbonyl (C=O) groups is 4. The summed E-state index contributed by atoms with van der Waals surface area (Å²) >= 11 is 14.2. The van der Waals surface area contributed by atoms with E-state index in [0.29, 0.717) is 17.0 Å². The molecular weight excluding hydrogens is 531 g/mol. The summed E-state index contributed by atoms with van der Waals surface area (Å²) in [5, 5.41) is 11.0. The Labute approximate surface area is 228 Å². The Morgan fingerprint density at radius 2 is 1.68 bits per heavy atom. The van der Waals surface area contributed by atoms with Gasteiger partial charge in [-0.2, -0.15) is 0 Å². The summed E-state index contributed by atoms with van der Waals surface area (Å²) in [6.07, 6.45) is 1.98. The highest BCUT2D eigenvalue weighted by Crippen LogP contribution is 2.66. The van der Waals surface area contributed by atoms with Crippen LogP contribution in [0.25, 0.3) is 0 Å². The molecule has 3 fully saturated rings. The maximum atomic E-state index is 13.9. The number of hydrogen-bond donors (Lipinski definition) is 1. The van der Waals surface area contributed by atoms with Gasteiger partial charge in [0.1, 0.15) is 11.5 Å². The number of fused-ring (bicyclic) bond motifs is 4. The Kier molecular flexibility index (Phi) is 5.46. The maximum Gasteiger partial charge on any atom is 0.253 e. The van der Waals surface area contributed by atoms with Crippen LogP contribution in [0, 0.1) is 17.8 Å². The zero-order valence-corrected chi connectivity index (χ0v) is 22.1. The smallest absolute Gasteiger partial charge is 0.253 e. The predicted molar refractivity (Wildman–Crippen MR) is 139 cm³/mol. The highest BCUT2D eigenvalue weighted by atomic mass is 35.5. The minimum Gasteiger partial charge on any atom is -0.508 e. The van der Waals surface area contributed by atoms with Crippen LogP contribution in [0.3, 0.4) is 0 Å². The minimum atomic E-state index is -1.95. The van der Waals surface area contributed by atoms with Crippen molar-refractivity contribution >= 4 is 52.5 Å². The topological polar surface area (TPSA) is 104 Å². The molecule has 10 heteroatoms. The number of alkyl halides is 2. The second-order valence-electron chi connectivity index (χ2n) is 10.3. The fourth-order valence-corrected chi connectivity index (χ4v) is 7.83. The number of ether oxygens (including phenoxy) is 1. The number of methoxy groups -OCH3 is 1. The molecule has 2 aliphatic heterocycles. The number of halogens is 2. The van der Waals surface area contributed by atoms with Gasteiger partial charge in [-0.1, -0.05) is 35.9 Å². The molecule has 8 nitrogen and oxygen atoms in total.